The quantitative estimate of drug-likeness (QED) is 0.738. The second-order valence-electron chi connectivity index (χ2n) is 10.0. The zero-order valence-corrected chi connectivity index (χ0v) is 19.5. The highest BCUT2D eigenvalue weighted by Gasteiger charge is 2.43. The molecular weight excluding hydrogens is 400 g/mol. The van der Waals surface area contributed by atoms with Crippen molar-refractivity contribution in [1.29, 1.82) is 0 Å². The summed E-state index contributed by atoms with van der Waals surface area (Å²) in [5.41, 5.74) is 1.36. The van der Waals surface area contributed by atoms with Crippen molar-refractivity contribution in [2.24, 2.45) is 0 Å². The van der Waals surface area contributed by atoms with E-state index in [-0.39, 0.29) is 11.5 Å². The molecule has 1 spiro atoms. The molecule has 3 saturated heterocycles. The van der Waals surface area contributed by atoms with Crippen molar-refractivity contribution in [3.8, 4) is 0 Å². The van der Waals surface area contributed by atoms with Gasteiger partial charge in [-0.15, -0.1) is 0 Å². The van der Waals surface area contributed by atoms with Crippen LogP contribution in [-0.4, -0.2) is 89.2 Å². The van der Waals surface area contributed by atoms with Crippen molar-refractivity contribution in [1.82, 2.24) is 19.7 Å². The van der Waals surface area contributed by atoms with E-state index in [0.717, 1.165) is 69.4 Å². The Labute approximate surface area is 191 Å². The van der Waals surface area contributed by atoms with Crippen LogP contribution in [0.25, 0.3) is 10.9 Å². The first-order valence-corrected chi connectivity index (χ1v) is 12.3. The van der Waals surface area contributed by atoms with Gasteiger partial charge in [-0.2, -0.15) is 0 Å². The maximum absolute atomic E-state index is 13.1. The lowest BCUT2D eigenvalue weighted by atomic mass is 9.81. The first-order valence-electron chi connectivity index (χ1n) is 12.3. The lowest BCUT2D eigenvalue weighted by molar-refractivity contribution is -0.132. The third-order valence-electron chi connectivity index (χ3n) is 7.84. The first kappa shape index (κ1) is 21.8. The third-order valence-corrected chi connectivity index (χ3v) is 7.84. The number of nitrogens with zero attached hydrogens (tertiary/aromatic N) is 4. The molecule has 3 fully saturated rings. The summed E-state index contributed by atoms with van der Waals surface area (Å²) in [5.74, 6) is 0.0442. The van der Waals surface area contributed by atoms with E-state index in [2.05, 4.69) is 28.6 Å². The van der Waals surface area contributed by atoms with Crippen LogP contribution in [0.3, 0.4) is 0 Å². The van der Waals surface area contributed by atoms with Crippen LogP contribution in [0.2, 0.25) is 0 Å². The van der Waals surface area contributed by atoms with Crippen molar-refractivity contribution < 1.29 is 9.53 Å². The molecule has 1 aromatic heterocycles. The molecule has 1 aromatic carbocycles. The number of pyridine rings is 1. The van der Waals surface area contributed by atoms with Crippen molar-refractivity contribution >= 4 is 16.8 Å². The highest BCUT2D eigenvalue weighted by atomic mass is 16.5. The van der Waals surface area contributed by atoms with Gasteiger partial charge in [0.15, 0.2) is 0 Å². The Morgan fingerprint density at radius 1 is 1.03 bits per heavy atom. The molecule has 0 N–H and O–H groups in total. The fourth-order valence-electron chi connectivity index (χ4n) is 5.75. The molecule has 32 heavy (non-hydrogen) atoms. The van der Waals surface area contributed by atoms with Gasteiger partial charge in [0.25, 0.3) is 5.91 Å². The molecule has 4 heterocycles. The number of piperazine rings is 1. The number of fused-ring (bicyclic) bond motifs is 1. The Balaban J connectivity index is 1.19. The molecule has 0 aliphatic carbocycles. The Morgan fingerprint density at radius 3 is 2.53 bits per heavy atom. The number of hydrogen-bond donors (Lipinski definition) is 0. The van der Waals surface area contributed by atoms with E-state index in [1.807, 2.05) is 41.3 Å². The molecule has 6 heteroatoms. The zero-order valence-electron chi connectivity index (χ0n) is 19.5. The molecule has 6 nitrogen and oxygen atoms in total. The molecule has 3 aliphatic rings. The molecule has 0 unspecified atom stereocenters. The second-order valence-corrected chi connectivity index (χ2v) is 10.0. The van der Waals surface area contributed by atoms with Gasteiger partial charge in [0.2, 0.25) is 0 Å². The van der Waals surface area contributed by atoms with Gasteiger partial charge in [-0.05, 0) is 51.7 Å². The summed E-state index contributed by atoms with van der Waals surface area (Å²) in [5, 5.41) is 1.07. The Kier molecular flexibility index (Phi) is 6.19. The van der Waals surface area contributed by atoms with Gasteiger partial charge in [0.05, 0.1) is 11.1 Å². The average Bonchev–Trinajstić information content (AvgIpc) is 2.84. The smallest absolute Gasteiger partial charge is 0.272 e. The lowest BCUT2D eigenvalue weighted by Crippen LogP contribution is -2.58. The second kappa shape index (κ2) is 9.08. The van der Waals surface area contributed by atoms with Gasteiger partial charge in [0, 0.05) is 63.3 Å². The molecule has 1 atom stereocenters. The first-order chi connectivity index (χ1) is 15.5. The number of rotatable bonds is 3. The summed E-state index contributed by atoms with van der Waals surface area (Å²) in [6.45, 7) is 11.6. The van der Waals surface area contributed by atoms with E-state index in [0.29, 0.717) is 17.8 Å². The van der Waals surface area contributed by atoms with E-state index >= 15 is 0 Å². The van der Waals surface area contributed by atoms with Crippen LogP contribution < -0.4 is 0 Å². The van der Waals surface area contributed by atoms with Crippen molar-refractivity contribution in [3.05, 3.63) is 42.1 Å². The Hall–Kier alpha value is -2.02. The third kappa shape index (κ3) is 4.41. The van der Waals surface area contributed by atoms with Gasteiger partial charge < -0.3 is 9.64 Å². The van der Waals surface area contributed by atoms with Crippen molar-refractivity contribution in [2.45, 2.75) is 57.2 Å². The molecule has 0 bridgehead atoms. The minimum absolute atomic E-state index is 0.0442. The van der Waals surface area contributed by atoms with Gasteiger partial charge in [-0.25, -0.2) is 4.98 Å². The molecule has 0 radical (unpaired) electrons. The monoisotopic (exact) mass is 436 g/mol. The van der Waals surface area contributed by atoms with Crippen LogP contribution in [-0.2, 0) is 4.74 Å². The van der Waals surface area contributed by atoms with Crippen LogP contribution in [0.5, 0.6) is 0 Å². The predicted octanol–water partition coefficient (Wildman–Crippen LogP) is 3.41. The number of benzene rings is 1. The van der Waals surface area contributed by atoms with E-state index in [1.54, 1.807) is 0 Å². The normalized spacial score (nSPS) is 25.0. The summed E-state index contributed by atoms with van der Waals surface area (Å²) >= 11 is 0. The number of piperidine rings is 1. The van der Waals surface area contributed by atoms with E-state index < -0.39 is 0 Å². The summed E-state index contributed by atoms with van der Waals surface area (Å²) in [7, 11) is 0. The van der Waals surface area contributed by atoms with Crippen LogP contribution in [0.15, 0.2) is 36.4 Å². The summed E-state index contributed by atoms with van der Waals surface area (Å²) in [6.07, 6.45) is 4.08. The number of aromatic nitrogens is 1. The molecular formula is C26H36N4O2. The van der Waals surface area contributed by atoms with E-state index in [9.17, 15) is 4.79 Å². The molecule has 3 aliphatic heterocycles. The Morgan fingerprint density at radius 2 is 1.78 bits per heavy atom. The standard InChI is InChI=1S/C26H36N4O2/c1-20(2)28-14-16-29(17-15-28)22-9-18-32-26(19-22)10-12-30(13-11-26)25(31)24-8-7-21-5-3-4-6-23(21)27-24/h3-8,20,22H,9-19H2,1-2H3/t22-/m0/s1. The summed E-state index contributed by atoms with van der Waals surface area (Å²) < 4.78 is 6.39. The summed E-state index contributed by atoms with van der Waals surface area (Å²) in [4.78, 5) is 25.0. The lowest BCUT2D eigenvalue weighted by Gasteiger charge is -2.50. The van der Waals surface area contributed by atoms with Crippen molar-refractivity contribution in [2.75, 3.05) is 45.9 Å². The Bertz CT molecular complexity index is 946. The summed E-state index contributed by atoms with van der Waals surface area (Å²) in [6, 6.07) is 13.1. The molecule has 5 rings (SSSR count). The number of para-hydroxylation sites is 1. The van der Waals surface area contributed by atoms with Gasteiger partial charge in [-0.3, -0.25) is 14.6 Å². The number of likely N-dealkylation sites (tertiary alicyclic amines) is 1. The number of ether oxygens (including phenoxy) is 1. The molecule has 0 saturated carbocycles. The highest BCUT2D eigenvalue weighted by molar-refractivity contribution is 5.95. The molecule has 172 valence electrons. The van der Waals surface area contributed by atoms with E-state index in [4.69, 9.17) is 4.74 Å². The topological polar surface area (TPSA) is 48.9 Å². The van der Waals surface area contributed by atoms with Crippen LogP contribution in [0.1, 0.15) is 50.0 Å². The number of amides is 1. The molecule has 2 aromatic rings. The number of carbonyl (C=O) groups excluding carboxylic acids is 1. The number of carbonyl (C=O) groups is 1. The average molecular weight is 437 g/mol. The molecule has 1 amide bonds. The largest absolute Gasteiger partial charge is 0.375 e. The maximum atomic E-state index is 13.1. The van der Waals surface area contributed by atoms with Crippen LogP contribution in [0.4, 0.5) is 0 Å². The highest BCUT2D eigenvalue weighted by Crippen LogP contribution is 2.37. The fraction of sp³-hybridized carbons (Fsp3) is 0.615. The van der Waals surface area contributed by atoms with Gasteiger partial charge in [0.1, 0.15) is 5.69 Å². The maximum Gasteiger partial charge on any atom is 0.272 e. The minimum Gasteiger partial charge on any atom is -0.375 e. The fourth-order valence-corrected chi connectivity index (χ4v) is 5.75. The van der Waals surface area contributed by atoms with Gasteiger partial charge >= 0.3 is 0 Å². The SMILES string of the molecule is CC(C)N1CCN([C@H]2CCOC3(CCN(C(=O)c4ccc5ccccc5n4)CC3)C2)CC1. The van der Waals surface area contributed by atoms with Crippen molar-refractivity contribution in [3.63, 3.8) is 0 Å². The predicted molar refractivity (Wildman–Crippen MR) is 127 cm³/mol. The van der Waals surface area contributed by atoms with E-state index in [1.165, 1.54) is 13.1 Å². The van der Waals surface area contributed by atoms with Crippen LogP contribution in [0, 0.1) is 0 Å². The van der Waals surface area contributed by atoms with Crippen LogP contribution >= 0.6 is 0 Å². The number of hydrogen-bond acceptors (Lipinski definition) is 5. The zero-order chi connectivity index (χ0) is 22.1. The van der Waals surface area contributed by atoms with Gasteiger partial charge in [-0.1, -0.05) is 24.3 Å². The minimum atomic E-state index is -0.0638.